The lowest BCUT2D eigenvalue weighted by atomic mass is 9.96. The Labute approximate surface area is 150 Å². The van der Waals surface area contributed by atoms with Gasteiger partial charge in [-0.1, -0.05) is 26.0 Å². The first-order valence-corrected chi connectivity index (χ1v) is 8.93. The minimum absolute atomic E-state index is 0.00122. The van der Waals surface area contributed by atoms with E-state index in [1.807, 2.05) is 24.3 Å². The molecule has 1 aliphatic heterocycles. The number of morpholine rings is 1. The zero-order valence-corrected chi connectivity index (χ0v) is 15.7. The lowest BCUT2D eigenvalue weighted by Crippen LogP contribution is -2.46. The third kappa shape index (κ3) is 6.30. The van der Waals surface area contributed by atoms with Crippen LogP contribution in [0.15, 0.2) is 24.3 Å². The Balaban J connectivity index is 1.81. The summed E-state index contributed by atoms with van der Waals surface area (Å²) in [5.74, 6) is 1.11. The number of likely N-dealkylation sites (N-methyl/N-ethyl adjacent to an activating group) is 1. The molecule has 6 heteroatoms. The van der Waals surface area contributed by atoms with Gasteiger partial charge in [0.15, 0.2) is 0 Å². The van der Waals surface area contributed by atoms with Crippen LogP contribution < -0.4 is 15.4 Å². The molecule has 2 N–H and O–H groups in total. The number of ether oxygens (including phenoxy) is 2. The third-order valence-corrected chi connectivity index (χ3v) is 4.46. The molecule has 1 amide bonds. The van der Waals surface area contributed by atoms with Crippen LogP contribution >= 0.6 is 0 Å². The summed E-state index contributed by atoms with van der Waals surface area (Å²) in [7, 11) is 3.74. The Kier molecular flexibility index (Phi) is 7.68. The molecule has 140 valence electrons. The zero-order chi connectivity index (χ0) is 18.2. The third-order valence-electron chi connectivity index (χ3n) is 4.46. The Morgan fingerprint density at radius 2 is 2.08 bits per heavy atom. The first-order chi connectivity index (χ1) is 12.0. The standard InChI is InChI=1S/C19H31N3O3/c1-14(2)19(15-5-7-16(24-4)8-6-15)21-18(23)12-20-11-17-13-22(3)9-10-25-17/h5-8,14,17,19-20H,9-13H2,1-4H3,(H,21,23)/t17-,19-/m1/s1. The number of carbonyl (C=O) groups excluding carboxylic acids is 1. The van der Waals surface area contributed by atoms with Gasteiger partial charge in [0, 0.05) is 19.6 Å². The van der Waals surface area contributed by atoms with Gasteiger partial charge in [0.05, 0.1) is 32.4 Å². The normalized spacial score (nSPS) is 19.6. The predicted octanol–water partition coefficient (Wildman–Crippen LogP) is 1.43. The van der Waals surface area contributed by atoms with E-state index in [-0.39, 0.29) is 18.1 Å². The average molecular weight is 349 g/mol. The summed E-state index contributed by atoms with van der Waals surface area (Å²) in [4.78, 5) is 14.6. The monoisotopic (exact) mass is 349 g/mol. The molecule has 1 saturated heterocycles. The Bertz CT molecular complexity index is 533. The summed E-state index contributed by atoms with van der Waals surface area (Å²) in [6.07, 6.45) is 0.147. The number of nitrogens with one attached hydrogen (secondary N) is 2. The van der Waals surface area contributed by atoms with Crippen LogP contribution in [0.1, 0.15) is 25.5 Å². The number of methoxy groups -OCH3 is 1. The zero-order valence-electron chi connectivity index (χ0n) is 15.7. The molecular weight excluding hydrogens is 318 g/mol. The molecule has 0 aliphatic carbocycles. The first kappa shape index (κ1) is 19.7. The number of rotatable bonds is 8. The average Bonchev–Trinajstić information content (AvgIpc) is 2.60. The lowest BCUT2D eigenvalue weighted by molar-refractivity contribution is -0.121. The van der Waals surface area contributed by atoms with Gasteiger partial charge >= 0.3 is 0 Å². The summed E-state index contributed by atoms with van der Waals surface area (Å²) in [6, 6.07) is 7.83. The Hall–Kier alpha value is -1.63. The number of hydrogen-bond donors (Lipinski definition) is 2. The molecule has 0 bridgehead atoms. The summed E-state index contributed by atoms with van der Waals surface area (Å²) in [5.41, 5.74) is 1.08. The molecule has 25 heavy (non-hydrogen) atoms. The van der Waals surface area contributed by atoms with Crippen LogP contribution in [-0.2, 0) is 9.53 Å². The van der Waals surface area contributed by atoms with Gasteiger partial charge in [0.25, 0.3) is 0 Å². The van der Waals surface area contributed by atoms with Crippen molar-refractivity contribution >= 4 is 5.91 Å². The number of amides is 1. The van der Waals surface area contributed by atoms with Crippen molar-refractivity contribution in [2.75, 3.05) is 46.9 Å². The lowest BCUT2D eigenvalue weighted by Gasteiger charge is -2.30. The van der Waals surface area contributed by atoms with E-state index in [0.29, 0.717) is 19.0 Å². The van der Waals surface area contributed by atoms with E-state index < -0.39 is 0 Å². The Morgan fingerprint density at radius 1 is 1.36 bits per heavy atom. The van der Waals surface area contributed by atoms with Gasteiger partial charge in [-0.2, -0.15) is 0 Å². The predicted molar refractivity (Wildman–Crippen MR) is 98.8 cm³/mol. The van der Waals surface area contributed by atoms with Crippen LogP contribution in [0.4, 0.5) is 0 Å². The molecular formula is C19H31N3O3. The molecule has 6 nitrogen and oxygen atoms in total. The van der Waals surface area contributed by atoms with E-state index in [1.165, 1.54) is 0 Å². The summed E-state index contributed by atoms with van der Waals surface area (Å²) >= 11 is 0. The highest BCUT2D eigenvalue weighted by Crippen LogP contribution is 2.23. The fraction of sp³-hybridized carbons (Fsp3) is 0.632. The van der Waals surface area contributed by atoms with Gasteiger partial charge in [0.1, 0.15) is 5.75 Å². The maximum atomic E-state index is 12.3. The molecule has 2 atom stereocenters. The van der Waals surface area contributed by atoms with E-state index in [2.05, 4.69) is 36.4 Å². The molecule has 1 aromatic carbocycles. The fourth-order valence-electron chi connectivity index (χ4n) is 3.01. The van der Waals surface area contributed by atoms with Crippen molar-refractivity contribution in [3.63, 3.8) is 0 Å². The second-order valence-corrected chi connectivity index (χ2v) is 6.95. The SMILES string of the molecule is COc1ccc([C@H](NC(=O)CNC[C@@H]2CN(C)CCO2)C(C)C)cc1. The highest BCUT2D eigenvalue weighted by molar-refractivity contribution is 5.78. The molecule has 1 aromatic rings. The van der Waals surface area contributed by atoms with Crippen molar-refractivity contribution < 1.29 is 14.3 Å². The van der Waals surface area contributed by atoms with Crippen molar-refractivity contribution in [2.45, 2.75) is 26.0 Å². The smallest absolute Gasteiger partial charge is 0.234 e. The molecule has 1 fully saturated rings. The van der Waals surface area contributed by atoms with Crippen molar-refractivity contribution in [3.8, 4) is 5.75 Å². The van der Waals surface area contributed by atoms with Gasteiger partial charge in [-0.25, -0.2) is 0 Å². The van der Waals surface area contributed by atoms with Crippen molar-refractivity contribution in [1.82, 2.24) is 15.5 Å². The van der Waals surface area contributed by atoms with Gasteiger partial charge in [-0.15, -0.1) is 0 Å². The van der Waals surface area contributed by atoms with Crippen LogP contribution in [0.25, 0.3) is 0 Å². The minimum Gasteiger partial charge on any atom is -0.497 e. The van der Waals surface area contributed by atoms with E-state index >= 15 is 0 Å². The van der Waals surface area contributed by atoms with Crippen molar-refractivity contribution in [3.05, 3.63) is 29.8 Å². The van der Waals surface area contributed by atoms with Crippen molar-refractivity contribution in [1.29, 1.82) is 0 Å². The fourth-order valence-corrected chi connectivity index (χ4v) is 3.01. The van der Waals surface area contributed by atoms with Gasteiger partial charge in [-0.05, 0) is 30.7 Å². The molecule has 0 saturated carbocycles. The van der Waals surface area contributed by atoms with Crippen LogP contribution in [0.5, 0.6) is 5.75 Å². The van der Waals surface area contributed by atoms with Crippen LogP contribution in [-0.4, -0.2) is 63.9 Å². The first-order valence-electron chi connectivity index (χ1n) is 8.93. The highest BCUT2D eigenvalue weighted by Gasteiger charge is 2.20. The van der Waals surface area contributed by atoms with Gasteiger partial charge in [0.2, 0.25) is 5.91 Å². The van der Waals surface area contributed by atoms with Crippen LogP contribution in [0.2, 0.25) is 0 Å². The number of carbonyl (C=O) groups is 1. The number of nitrogens with zero attached hydrogens (tertiary/aromatic N) is 1. The van der Waals surface area contributed by atoms with Crippen molar-refractivity contribution in [2.24, 2.45) is 5.92 Å². The van der Waals surface area contributed by atoms with Gasteiger partial charge < -0.3 is 25.0 Å². The van der Waals surface area contributed by atoms with Gasteiger partial charge in [-0.3, -0.25) is 4.79 Å². The molecule has 2 rings (SSSR count). The van der Waals surface area contributed by atoms with Crippen LogP contribution in [0, 0.1) is 5.92 Å². The van der Waals surface area contributed by atoms with E-state index in [0.717, 1.165) is 31.0 Å². The minimum atomic E-state index is -0.0164. The molecule has 1 aliphatic rings. The molecule has 0 radical (unpaired) electrons. The summed E-state index contributed by atoms with van der Waals surface area (Å²) in [6.45, 7) is 7.81. The number of benzene rings is 1. The molecule has 0 unspecified atom stereocenters. The van der Waals surface area contributed by atoms with E-state index in [4.69, 9.17) is 9.47 Å². The van der Waals surface area contributed by atoms with E-state index in [9.17, 15) is 4.79 Å². The number of hydrogen-bond acceptors (Lipinski definition) is 5. The highest BCUT2D eigenvalue weighted by atomic mass is 16.5. The maximum absolute atomic E-state index is 12.3. The topological polar surface area (TPSA) is 62.8 Å². The maximum Gasteiger partial charge on any atom is 0.234 e. The quantitative estimate of drug-likeness (QED) is 0.743. The second kappa shape index (κ2) is 9.75. The largest absolute Gasteiger partial charge is 0.497 e. The molecule has 0 aromatic heterocycles. The van der Waals surface area contributed by atoms with Crippen LogP contribution in [0.3, 0.4) is 0 Å². The Morgan fingerprint density at radius 3 is 2.68 bits per heavy atom. The molecule has 0 spiro atoms. The summed E-state index contributed by atoms with van der Waals surface area (Å²) < 4.78 is 10.9. The summed E-state index contributed by atoms with van der Waals surface area (Å²) in [5, 5.41) is 6.33. The second-order valence-electron chi connectivity index (χ2n) is 6.95. The molecule has 1 heterocycles. The van der Waals surface area contributed by atoms with E-state index in [1.54, 1.807) is 7.11 Å².